The molecule has 1 atom stereocenters. The smallest absolute Gasteiger partial charge is 0.330 e. The van der Waals surface area contributed by atoms with Gasteiger partial charge in [0.15, 0.2) is 23.8 Å². The van der Waals surface area contributed by atoms with Crippen molar-refractivity contribution in [3.63, 3.8) is 0 Å². The Morgan fingerprint density at radius 1 is 0.972 bits per heavy atom. The molecule has 0 bridgehead atoms. The Morgan fingerprint density at radius 2 is 1.72 bits per heavy atom. The molecule has 1 amide bonds. The molecule has 0 radical (unpaired) electrons. The number of hydrogen-bond donors (Lipinski definition) is 3. The Morgan fingerprint density at radius 3 is 2.47 bits per heavy atom. The number of carbonyl (C=O) groups is 3. The molecule has 1 aliphatic heterocycles. The predicted molar refractivity (Wildman–Crippen MR) is 133 cm³/mol. The summed E-state index contributed by atoms with van der Waals surface area (Å²) in [5.41, 5.74) is 3.23. The third kappa shape index (κ3) is 6.33. The van der Waals surface area contributed by atoms with E-state index in [1.165, 1.54) is 0 Å². The van der Waals surface area contributed by atoms with Crippen molar-refractivity contribution in [2.45, 2.75) is 51.1 Å². The van der Waals surface area contributed by atoms with Gasteiger partial charge in [0.05, 0.1) is 5.57 Å². The minimum absolute atomic E-state index is 0.102. The molecule has 0 fully saturated rings. The largest absolute Gasteiger partial charge is 0.479 e. The Hall–Kier alpha value is -4.07. The molecule has 0 saturated heterocycles. The number of hydrogen-bond acceptors (Lipinski definition) is 6. The second kappa shape index (κ2) is 12.1. The number of benzene rings is 2. The second-order valence-corrected chi connectivity index (χ2v) is 8.83. The van der Waals surface area contributed by atoms with Crippen LogP contribution in [-0.4, -0.2) is 30.1 Å². The summed E-state index contributed by atoms with van der Waals surface area (Å²) in [6, 6.07) is 13.0. The molecule has 4 rings (SSSR count). The first-order valence-corrected chi connectivity index (χ1v) is 12.1. The van der Waals surface area contributed by atoms with E-state index in [4.69, 9.17) is 9.47 Å². The van der Waals surface area contributed by atoms with Crippen molar-refractivity contribution in [3.05, 3.63) is 82.6 Å². The number of ether oxygens (including phenoxy) is 2. The summed E-state index contributed by atoms with van der Waals surface area (Å²) < 4.78 is 10.8. The van der Waals surface area contributed by atoms with Crippen molar-refractivity contribution in [3.8, 4) is 11.5 Å². The molecular formula is C28H30N2O6. The van der Waals surface area contributed by atoms with Crippen LogP contribution < -0.4 is 20.1 Å². The van der Waals surface area contributed by atoms with Gasteiger partial charge < -0.3 is 25.2 Å². The van der Waals surface area contributed by atoms with Crippen LogP contribution in [0.15, 0.2) is 71.5 Å². The average Bonchev–Trinajstić information content (AvgIpc) is 3.34. The number of nitrogens with one attached hydrogen (secondary N) is 2. The summed E-state index contributed by atoms with van der Waals surface area (Å²) in [7, 11) is 0. The Labute approximate surface area is 210 Å². The SMILES string of the molecule is O=C/C(=C\C1=C(/NCc2ccc3c(c2)OCO3)CCCCCC1)C(=O)N[C@@H](C(=O)O)c1ccccc1. The first-order chi connectivity index (χ1) is 17.5. The Balaban J connectivity index is 1.55. The number of rotatable bonds is 9. The minimum Gasteiger partial charge on any atom is -0.479 e. The fraction of sp³-hybridized carbons (Fsp3) is 0.321. The van der Waals surface area contributed by atoms with Gasteiger partial charge in [-0.25, -0.2) is 4.79 Å². The Kier molecular flexibility index (Phi) is 8.39. The van der Waals surface area contributed by atoms with Crippen LogP contribution in [0.3, 0.4) is 0 Å². The number of aldehydes is 1. The van der Waals surface area contributed by atoms with Gasteiger partial charge in [-0.05, 0) is 60.6 Å². The molecule has 0 saturated carbocycles. The van der Waals surface area contributed by atoms with E-state index in [9.17, 15) is 19.5 Å². The molecular weight excluding hydrogens is 460 g/mol. The van der Waals surface area contributed by atoms with E-state index >= 15 is 0 Å². The van der Waals surface area contributed by atoms with Crippen LogP contribution in [0.5, 0.6) is 11.5 Å². The number of fused-ring (bicyclic) bond motifs is 1. The third-order valence-corrected chi connectivity index (χ3v) is 6.33. The van der Waals surface area contributed by atoms with Gasteiger partial charge in [-0.15, -0.1) is 0 Å². The lowest BCUT2D eigenvalue weighted by Gasteiger charge is -2.19. The zero-order valence-corrected chi connectivity index (χ0v) is 20.0. The van der Waals surface area contributed by atoms with Gasteiger partial charge in [0, 0.05) is 12.2 Å². The molecule has 2 aromatic rings. The van der Waals surface area contributed by atoms with Crippen LogP contribution in [0, 0.1) is 0 Å². The van der Waals surface area contributed by atoms with Crippen LogP contribution >= 0.6 is 0 Å². The summed E-state index contributed by atoms with van der Waals surface area (Å²) in [4.78, 5) is 36.7. The molecule has 1 heterocycles. The maximum Gasteiger partial charge on any atom is 0.330 e. The van der Waals surface area contributed by atoms with E-state index in [1.807, 2.05) is 18.2 Å². The molecule has 0 unspecified atom stereocenters. The van der Waals surface area contributed by atoms with Crippen LogP contribution in [0.4, 0.5) is 0 Å². The molecule has 1 aliphatic carbocycles. The first-order valence-electron chi connectivity index (χ1n) is 12.1. The molecule has 2 aromatic carbocycles. The maximum atomic E-state index is 12.9. The fourth-order valence-electron chi connectivity index (χ4n) is 4.39. The number of carboxylic acids is 1. The summed E-state index contributed by atoms with van der Waals surface area (Å²) in [6.07, 6.45) is 7.73. The van der Waals surface area contributed by atoms with Crippen molar-refractivity contribution in [1.82, 2.24) is 10.6 Å². The van der Waals surface area contributed by atoms with Crippen molar-refractivity contribution >= 4 is 18.2 Å². The van der Waals surface area contributed by atoms with Crippen molar-refractivity contribution in [2.24, 2.45) is 0 Å². The standard InChI is InChI=1S/C28H30N2O6/c31-17-22(27(32)30-26(28(33)34)20-8-5-3-6-9-20)15-21-10-4-1-2-7-11-23(21)29-16-19-12-13-24-25(14-19)36-18-35-24/h3,5-6,8-9,12-15,17,26,29H,1-2,4,7,10-11,16,18H2,(H,30,32)(H,33,34)/b22-15+,23-21-/t26-/m1/s1. The lowest BCUT2D eigenvalue weighted by atomic mass is 9.95. The number of aliphatic carboxylic acids is 1. The molecule has 0 spiro atoms. The van der Waals surface area contributed by atoms with Crippen LogP contribution in [0.1, 0.15) is 55.7 Å². The zero-order chi connectivity index (χ0) is 25.3. The molecule has 188 valence electrons. The van der Waals surface area contributed by atoms with Crippen molar-refractivity contribution in [2.75, 3.05) is 6.79 Å². The molecule has 0 aromatic heterocycles. The first kappa shape index (κ1) is 25.0. The quantitative estimate of drug-likeness (QED) is 0.209. The third-order valence-electron chi connectivity index (χ3n) is 6.33. The van der Waals surface area contributed by atoms with Crippen molar-refractivity contribution in [1.29, 1.82) is 0 Å². The summed E-state index contributed by atoms with van der Waals surface area (Å²) >= 11 is 0. The second-order valence-electron chi connectivity index (χ2n) is 8.83. The van der Waals surface area contributed by atoms with Gasteiger partial charge >= 0.3 is 5.97 Å². The monoisotopic (exact) mass is 490 g/mol. The van der Waals surface area contributed by atoms with Gasteiger partial charge in [-0.1, -0.05) is 49.2 Å². The summed E-state index contributed by atoms with van der Waals surface area (Å²) in [5.74, 6) is -0.473. The van der Waals surface area contributed by atoms with Gasteiger partial charge in [-0.3, -0.25) is 9.59 Å². The highest BCUT2D eigenvalue weighted by atomic mass is 16.7. The van der Waals surface area contributed by atoms with E-state index in [-0.39, 0.29) is 12.4 Å². The maximum absolute atomic E-state index is 12.9. The van der Waals surface area contributed by atoms with Crippen molar-refractivity contribution < 1.29 is 29.0 Å². The number of amides is 1. The minimum atomic E-state index is -1.25. The molecule has 8 heteroatoms. The molecule has 3 N–H and O–H groups in total. The van der Waals surface area contributed by atoms with Gasteiger partial charge in [0.1, 0.15) is 0 Å². The van der Waals surface area contributed by atoms with Gasteiger partial charge in [0.2, 0.25) is 6.79 Å². The fourth-order valence-corrected chi connectivity index (χ4v) is 4.39. The lowest BCUT2D eigenvalue weighted by molar-refractivity contribution is -0.141. The van der Waals surface area contributed by atoms with Crippen LogP contribution in [0.25, 0.3) is 0 Å². The highest BCUT2D eigenvalue weighted by Crippen LogP contribution is 2.32. The average molecular weight is 491 g/mol. The molecule has 2 aliphatic rings. The number of carboxylic acid groups (broad SMARTS) is 1. The number of carbonyl (C=O) groups excluding carboxylic acids is 2. The summed E-state index contributed by atoms with van der Waals surface area (Å²) in [5, 5.41) is 15.6. The molecule has 8 nitrogen and oxygen atoms in total. The topological polar surface area (TPSA) is 114 Å². The van der Waals surface area contributed by atoms with Crippen LogP contribution in [-0.2, 0) is 20.9 Å². The van der Waals surface area contributed by atoms with E-state index in [2.05, 4.69) is 10.6 Å². The van der Waals surface area contributed by atoms with E-state index in [0.29, 0.717) is 24.1 Å². The van der Waals surface area contributed by atoms with Gasteiger partial charge in [0.25, 0.3) is 5.91 Å². The van der Waals surface area contributed by atoms with Gasteiger partial charge in [-0.2, -0.15) is 0 Å². The molecule has 36 heavy (non-hydrogen) atoms. The highest BCUT2D eigenvalue weighted by molar-refractivity contribution is 6.11. The normalized spacial score (nSPS) is 18.5. The zero-order valence-electron chi connectivity index (χ0n) is 20.0. The van der Waals surface area contributed by atoms with E-state index in [0.717, 1.165) is 61.1 Å². The van der Waals surface area contributed by atoms with Crippen LogP contribution in [0.2, 0.25) is 0 Å². The Bertz CT molecular complexity index is 1170. The summed E-state index contributed by atoms with van der Waals surface area (Å²) in [6.45, 7) is 0.775. The van der Waals surface area contributed by atoms with E-state index < -0.39 is 17.9 Å². The number of allylic oxidation sites excluding steroid dienone is 3. The lowest BCUT2D eigenvalue weighted by Crippen LogP contribution is -2.35. The highest BCUT2D eigenvalue weighted by Gasteiger charge is 2.24. The predicted octanol–water partition coefficient (Wildman–Crippen LogP) is 4.18. The van der Waals surface area contributed by atoms with E-state index in [1.54, 1.807) is 36.4 Å².